The Balaban J connectivity index is 1.33. The number of carbonyl (C=O) groups is 2. The maximum Gasteiger partial charge on any atom is 0.341 e. The first-order valence-electron chi connectivity index (χ1n) is 9.63. The highest BCUT2D eigenvalue weighted by molar-refractivity contribution is 5.76. The molecule has 3 rings (SSSR count). The van der Waals surface area contributed by atoms with Gasteiger partial charge in [0, 0.05) is 25.3 Å². The monoisotopic (exact) mass is 387 g/mol. The maximum absolute atomic E-state index is 12.0. The zero-order valence-corrected chi connectivity index (χ0v) is 15.7. The standard InChI is InChI=1S/C20H25N3O5/c24-17(9-10-18-22-20(23-28-18)15-3-1-2-4-15)21-12-11-14-5-7-16(8-6-14)27-13-19(25)26/h5-8,15H,1-4,9-13H2,(H,21,24)(H,25,26). The third-order valence-electron chi connectivity index (χ3n) is 4.79. The topological polar surface area (TPSA) is 115 Å². The number of amides is 1. The largest absolute Gasteiger partial charge is 0.482 e. The molecule has 1 saturated carbocycles. The van der Waals surface area contributed by atoms with Crippen molar-refractivity contribution in [1.29, 1.82) is 0 Å². The summed E-state index contributed by atoms with van der Waals surface area (Å²) in [6.07, 6.45) is 6.11. The molecule has 2 aromatic rings. The molecule has 0 bridgehead atoms. The van der Waals surface area contributed by atoms with Crippen molar-refractivity contribution in [3.05, 3.63) is 41.5 Å². The van der Waals surface area contributed by atoms with E-state index in [4.69, 9.17) is 14.4 Å². The summed E-state index contributed by atoms with van der Waals surface area (Å²) in [5.74, 6) is 1.15. The fourth-order valence-corrected chi connectivity index (χ4v) is 3.27. The minimum Gasteiger partial charge on any atom is -0.482 e. The normalized spacial score (nSPS) is 14.1. The van der Waals surface area contributed by atoms with E-state index in [1.165, 1.54) is 12.8 Å². The first-order valence-corrected chi connectivity index (χ1v) is 9.63. The lowest BCUT2D eigenvalue weighted by Crippen LogP contribution is -2.25. The van der Waals surface area contributed by atoms with Gasteiger partial charge in [-0.2, -0.15) is 4.98 Å². The van der Waals surface area contributed by atoms with Crippen LogP contribution in [0.15, 0.2) is 28.8 Å². The van der Waals surface area contributed by atoms with E-state index >= 15 is 0 Å². The van der Waals surface area contributed by atoms with Gasteiger partial charge in [0.25, 0.3) is 0 Å². The Morgan fingerprint density at radius 3 is 2.64 bits per heavy atom. The molecule has 0 atom stereocenters. The molecule has 1 amide bonds. The van der Waals surface area contributed by atoms with Gasteiger partial charge in [-0.3, -0.25) is 4.79 Å². The molecular weight excluding hydrogens is 362 g/mol. The van der Waals surface area contributed by atoms with E-state index < -0.39 is 5.97 Å². The number of carbonyl (C=O) groups excluding carboxylic acids is 1. The van der Waals surface area contributed by atoms with E-state index in [0.29, 0.717) is 43.4 Å². The van der Waals surface area contributed by atoms with Crippen molar-refractivity contribution in [2.45, 2.75) is 50.9 Å². The van der Waals surface area contributed by atoms with Crippen LogP contribution in [-0.4, -0.2) is 40.3 Å². The van der Waals surface area contributed by atoms with E-state index in [0.717, 1.165) is 24.2 Å². The minimum absolute atomic E-state index is 0.0537. The predicted octanol–water partition coefficient (Wildman–Crippen LogP) is 2.48. The summed E-state index contributed by atoms with van der Waals surface area (Å²) < 4.78 is 10.3. The predicted molar refractivity (Wildman–Crippen MR) is 100 cm³/mol. The number of nitrogens with zero attached hydrogens (tertiary/aromatic N) is 2. The van der Waals surface area contributed by atoms with Crippen LogP contribution < -0.4 is 10.1 Å². The number of carboxylic acids is 1. The van der Waals surface area contributed by atoms with Crippen LogP contribution in [-0.2, 0) is 22.4 Å². The van der Waals surface area contributed by atoms with Gasteiger partial charge in [0.2, 0.25) is 11.8 Å². The Morgan fingerprint density at radius 2 is 1.93 bits per heavy atom. The molecular formula is C20H25N3O5. The molecule has 0 spiro atoms. The van der Waals surface area contributed by atoms with Gasteiger partial charge in [-0.1, -0.05) is 30.1 Å². The molecule has 0 saturated heterocycles. The number of nitrogens with one attached hydrogen (secondary N) is 1. The van der Waals surface area contributed by atoms with Crippen LogP contribution in [0.2, 0.25) is 0 Å². The molecule has 1 aromatic heterocycles. The average Bonchev–Trinajstić information content (AvgIpc) is 3.37. The Kier molecular flexibility index (Phi) is 7.00. The van der Waals surface area contributed by atoms with Crippen molar-refractivity contribution in [3.8, 4) is 5.75 Å². The van der Waals surface area contributed by atoms with Gasteiger partial charge >= 0.3 is 5.97 Å². The molecule has 150 valence electrons. The van der Waals surface area contributed by atoms with Crippen molar-refractivity contribution in [3.63, 3.8) is 0 Å². The SMILES string of the molecule is O=C(O)COc1ccc(CCNC(=O)CCc2nc(C3CCCC3)no2)cc1. The zero-order valence-electron chi connectivity index (χ0n) is 15.7. The summed E-state index contributed by atoms with van der Waals surface area (Å²) in [6, 6.07) is 7.15. The summed E-state index contributed by atoms with van der Waals surface area (Å²) in [5.41, 5.74) is 1.03. The van der Waals surface area contributed by atoms with Crippen LogP contribution in [0.25, 0.3) is 0 Å². The quantitative estimate of drug-likeness (QED) is 0.643. The molecule has 1 heterocycles. The van der Waals surface area contributed by atoms with E-state index in [1.807, 2.05) is 12.1 Å². The number of carboxylic acid groups (broad SMARTS) is 1. The molecule has 1 aromatic carbocycles. The van der Waals surface area contributed by atoms with Crippen LogP contribution in [0.1, 0.15) is 55.3 Å². The smallest absolute Gasteiger partial charge is 0.341 e. The van der Waals surface area contributed by atoms with Gasteiger partial charge in [-0.15, -0.1) is 0 Å². The van der Waals surface area contributed by atoms with E-state index in [1.54, 1.807) is 12.1 Å². The van der Waals surface area contributed by atoms with E-state index in [9.17, 15) is 9.59 Å². The number of aliphatic carboxylic acids is 1. The lowest BCUT2D eigenvalue weighted by atomic mass is 10.1. The van der Waals surface area contributed by atoms with Gasteiger partial charge in [-0.25, -0.2) is 4.79 Å². The molecule has 28 heavy (non-hydrogen) atoms. The summed E-state index contributed by atoms with van der Waals surface area (Å²) in [4.78, 5) is 26.9. The number of aryl methyl sites for hydroxylation is 1. The molecule has 1 aliphatic carbocycles. The Labute approximate surface area is 163 Å². The second kappa shape index (κ2) is 9.87. The first kappa shape index (κ1) is 19.9. The number of aromatic nitrogens is 2. The summed E-state index contributed by atoms with van der Waals surface area (Å²) in [7, 11) is 0. The van der Waals surface area contributed by atoms with Crippen molar-refractivity contribution in [1.82, 2.24) is 15.5 Å². The van der Waals surface area contributed by atoms with E-state index in [-0.39, 0.29) is 12.5 Å². The van der Waals surface area contributed by atoms with Crippen molar-refractivity contribution < 1.29 is 24.0 Å². The zero-order chi connectivity index (χ0) is 19.8. The Hall–Kier alpha value is -2.90. The third-order valence-corrected chi connectivity index (χ3v) is 4.79. The maximum atomic E-state index is 12.0. The lowest BCUT2D eigenvalue weighted by Gasteiger charge is -2.06. The Morgan fingerprint density at radius 1 is 1.18 bits per heavy atom. The lowest BCUT2D eigenvalue weighted by molar-refractivity contribution is -0.139. The summed E-state index contributed by atoms with van der Waals surface area (Å²) in [6.45, 7) is 0.156. The minimum atomic E-state index is -1.01. The third kappa shape index (κ3) is 6.07. The van der Waals surface area contributed by atoms with Crippen molar-refractivity contribution >= 4 is 11.9 Å². The first-order chi connectivity index (χ1) is 13.6. The second-order valence-electron chi connectivity index (χ2n) is 6.95. The fourth-order valence-electron chi connectivity index (χ4n) is 3.27. The van der Waals surface area contributed by atoms with Gasteiger partial charge in [0.05, 0.1) is 0 Å². The molecule has 0 unspecified atom stereocenters. The van der Waals surface area contributed by atoms with Crippen molar-refractivity contribution in [2.24, 2.45) is 0 Å². The van der Waals surface area contributed by atoms with Gasteiger partial charge < -0.3 is 19.7 Å². The highest BCUT2D eigenvalue weighted by Crippen LogP contribution is 2.32. The van der Waals surface area contributed by atoms with Crippen molar-refractivity contribution in [2.75, 3.05) is 13.2 Å². The highest BCUT2D eigenvalue weighted by Gasteiger charge is 2.22. The molecule has 8 nitrogen and oxygen atoms in total. The molecule has 0 aliphatic heterocycles. The van der Waals surface area contributed by atoms with Crippen LogP contribution in [0.3, 0.4) is 0 Å². The molecule has 0 radical (unpaired) electrons. The number of benzene rings is 1. The Bertz CT molecular complexity index is 781. The number of ether oxygens (including phenoxy) is 1. The van der Waals surface area contributed by atoms with Gasteiger partial charge in [-0.05, 0) is 37.0 Å². The van der Waals surface area contributed by atoms with Crippen LogP contribution in [0.4, 0.5) is 0 Å². The highest BCUT2D eigenvalue weighted by atomic mass is 16.5. The number of hydrogen-bond donors (Lipinski definition) is 2. The molecule has 1 aliphatic rings. The molecule has 1 fully saturated rings. The fraction of sp³-hybridized carbons (Fsp3) is 0.500. The molecule has 8 heteroatoms. The second-order valence-corrected chi connectivity index (χ2v) is 6.95. The van der Waals surface area contributed by atoms with E-state index in [2.05, 4.69) is 15.5 Å². The summed E-state index contributed by atoms with van der Waals surface area (Å²) in [5, 5.41) is 15.5. The van der Waals surface area contributed by atoms with Gasteiger partial charge in [0.1, 0.15) is 5.75 Å². The van der Waals surface area contributed by atoms with Crippen LogP contribution >= 0.6 is 0 Å². The van der Waals surface area contributed by atoms with Crippen LogP contribution in [0.5, 0.6) is 5.75 Å². The van der Waals surface area contributed by atoms with Crippen LogP contribution in [0, 0.1) is 0 Å². The van der Waals surface area contributed by atoms with Gasteiger partial charge in [0.15, 0.2) is 12.4 Å². The number of hydrogen-bond acceptors (Lipinski definition) is 6. The summed E-state index contributed by atoms with van der Waals surface area (Å²) >= 11 is 0. The number of rotatable bonds is 10. The average molecular weight is 387 g/mol. The molecule has 2 N–H and O–H groups in total.